The summed E-state index contributed by atoms with van der Waals surface area (Å²) in [4.78, 5) is 4.10. The van der Waals surface area contributed by atoms with Crippen LogP contribution in [-0.2, 0) is 0 Å². The van der Waals surface area contributed by atoms with Crippen LogP contribution in [0.5, 0.6) is 0 Å². The third-order valence-electron chi connectivity index (χ3n) is 2.29. The lowest BCUT2D eigenvalue weighted by molar-refractivity contribution is 0.626. The molecule has 3 heteroatoms. The van der Waals surface area contributed by atoms with Gasteiger partial charge in [-0.1, -0.05) is 5.92 Å². The second kappa shape index (κ2) is 3.25. The van der Waals surface area contributed by atoms with Gasteiger partial charge in [0.2, 0.25) is 0 Å². The number of nitrogens with two attached hydrogens (primary N) is 1. The fourth-order valence-electron chi connectivity index (χ4n) is 1.67. The molecule has 1 aromatic carbocycles. The van der Waals surface area contributed by atoms with E-state index in [1.807, 2.05) is 6.92 Å². The highest BCUT2D eigenvalue weighted by Crippen LogP contribution is 2.24. The van der Waals surface area contributed by atoms with Gasteiger partial charge in [-0.2, -0.15) is 0 Å². The summed E-state index contributed by atoms with van der Waals surface area (Å²) < 4.78 is 13.4. The fraction of sp³-hybridized carbons (Fsp3) is 0.0833. The van der Waals surface area contributed by atoms with E-state index in [1.165, 1.54) is 6.07 Å². The van der Waals surface area contributed by atoms with Crippen LogP contribution in [0.3, 0.4) is 0 Å². The predicted octanol–water partition coefficient (Wildman–Crippen LogP) is 2.25. The normalized spacial score (nSPS) is 10.2. The number of aryl methyl sites for hydroxylation is 1. The number of aromatic nitrogens is 1. The average molecular weight is 200 g/mol. The number of rotatable bonds is 0. The zero-order valence-corrected chi connectivity index (χ0v) is 8.21. The number of nitrogens with zero attached hydrogens (tertiary/aromatic N) is 1. The molecule has 0 saturated carbocycles. The van der Waals surface area contributed by atoms with Gasteiger partial charge in [-0.3, -0.25) is 0 Å². The Bertz CT molecular complexity index is 582. The maximum absolute atomic E-state index is 13.4. The number of hydrogen-bond acceptors (Lipinski definition) is 2. The number of halogens is 1. The summed E-state index contributed by atoms with van der Waals surface area (Å²) in [7, 11) is 0. The molecule has 2 aromatic rings. The van der Waals surface area contributed by atoms with Crippen molar-refractivity contribution < 1.29 is 4.39 Å². The van der Waals surface area contributed by atoms with E-state index < -0.39 is 5.82 Å². The molecule has 74 valence electrons. The first-order valence-corrected chi connectivity index (χ1v) is 4.45. The van der Waals surface area contributed by atoms with Crippen molar-refractivity contribution in [2.45, 2.75) is 6.92 Å². The van der Waals surface area contributed by atoms with Crippen molar-refractivity contribution in [2.24, 2.45) is 0 Å². The number of anilines is 1. The molecule has 2 N–H and O–H groups in total. The Morgan fingerprint density at radius 1 is 1.47 bits per heavy atom. The van der Waals surface area contributed by atoms with E-state index in [-0.39, 0.29) is 5.56 Å². The maximum Gasteiger partial charge on any atom is 0.139 e. The van der Waals surface area contributed by atoms with Crippen molar-refractivity contribution in [3.63, 3.8) is 0 Å². The van der Waals surface area contributed by atoms with Gasteiger partial charge in [-0.25, -0.2) is 9.37 Å². The highest BCUT2D eigenvalue weighted by molar-refractivity contribution is 5.89. The third-order valence-corrected chi connectivity index (χ3v) is 2.29. The standard InChI is InChI=1S/C12H9FN2/c1-3-8-9(13)4-5-10-12(8)7(2)6-11(14)15-10/h1,4-6H,2H3,(H2,14,15). The molecule has 0 spiro atoms. The molecular formula is C12H9FN2. The molecule has 0 aliphatic rings. The van der Waals surface area contributed by atoms with E-state index in [4.69, 9.17) is 12.2 Å². The first-order valence-electron chi connectivity index (χ1n) is 4.45. The minimum Gasteiger partial charge on any atom is -0.384 e. The molecule has 0 aliphatic heterocycles. The molecule has 0 fully saturated rings. The summed E-state index contributed by atoms with van der Waals surface area (Å²) in [5.74, 6) is 2.35. The number of terminal acetylenes is 1. The number of pyridine rings is 1. The van der Waals surface area contributed by atoms with Crippen molar-refractivity contribution in [1.82, 2.24) is 4.98 Å². The van der Waals surface area contributed by atoms with Gasteiger partial charge >= 0.3 is 0 Å². The number of hydrogen-bond donors (Lipinski definition) is 1. The summed E-state index contributed by atoms with van der Waals surface area (Å²) in [5, 5.41) is 0.659. The quantitative estimate of drug-likeness (QED) is 0.662. The second-order valence-electron chi connectivity index (χ2n) is 3.32. The highest BCUT2D eigenvalue weighted by atomic mass is 19.1. The Hall–Kier alpha value is -2.08. The molecule has 2 rings (SSSR count). The van der Waals surface area contributed by atoms with Crippen molar-refractivity contribution in [1.29, 1.82) is 0 Å². The number of fused-ring (bicyclic) bond motifs is 1. The lowest BCUT2D eigenvalue weighted by Crippen LogP contribution is -1.96. The van der Waals surface area contributed by atoms with Crippen LogP contribution in [0.4, 0.5) is 10.2 Å². The Morgan fingerprint density at radius 3 is 2.87 bits per heavy atom. The third kappa shape index (κ3) is 1.40. The topological polar surface area (TPSA) is 38.9 Å². The first kappa shape index (κ1) is 9.47. The molecule has 15 heavy (non-hydrogen) atoms. The van der Waals surface area contributed by atoms with Gasteiger partial charge in [-0.05, 0) is 30.7 Å². The zero-order valence-electron chi connectivity index (χ0n) is 8.21. The van der Waals surface area contributed by atoms with Gasteiger partial charge in [0.25, 0.3) is 0 Å². The Morgan fingerprint density at radius 2 is 2.20 bits per heavy atom. The van der Waals surface area contributed by atoms with Crippen LogP contribution in [0.2, 0.25) is 0 Å². The van der Waals surface area contributed by atoms with Crippen LogP contribution in [0, 0.1) is 25.1 Å². The zero-order chi connectivity index (χ0) is 11.0. The Labute approximate surface area is 86.9 Å². The number of nitrogen functional groups attached to an aromatic ring is 1. The second-order valence-corrected chi connectivity index (χ2v) is 3.32. The Balaban J connectivity index is 3.00. The molecule has 0 bridgehead atoms. The van der Waals surface area contributed by atoms with Gasteiger partial charge in [-0.15, -0.1) is 6.42 Å². The molecule has 0 unspecified atom stereocenters. The van der Waals surface area contributed by atoms with Crippen molar-refractivity contribution >= 4 is 16.7 Å². The van der Waals surface area contributed by atoms with Crippen molar-refractivity contribution in [3.05, 3.63) is 35.1 Å². The maximum atomic E-state index is 13.4. The largest absolute Gasteiger partial charge is 0.384 e. The number of benzene rings is 1. The molecule has 0 atom stereocenters. The minimum absolute atomic E-state index is 0.248. The van der Waals surface area contributed by atoms with Crippen LogP contribution >= 0.6 is 0 Å². The van der Waals surface area contributed by atoms with Crippen LogP contribution in [-0.4, -0.2) is 4.98 Å². The van der Waals surface area contributed by atoms with E-state index in [2.05, 4.69) is 10.9 Å². The Kier molecular flexibility index (Phi) is 2.05. The van der Waals surface area contributed by atoms with Gasteiger partial charge in [0.15, 0.2) is 0 Å². The lowest BCUT2D eigenvalue weighted by Gasteiger charge is -2.06. The minimum atomic E-state index is -0.403. The van der Waals surface area contributed by atoms with Gasteiger partial charge in [0.1, 0.15) is 11.6 Å². The molecule has 0 aliphatic carbocycles. The van der Waals surface area contributed by atoms with Crippen LogP contribution in [0.1, 0.15) is 11.1 Å². The fourth-order valence-corrected chi connectivity index (χ4v) is 1.67. The summed E-state index contributed by atoms with van der Waals surface area (Å²) in [6.45, 7) is 1.83. The SMILES string of the molecule is C#Cc1c(F)ccc2nc(N)cc(C)c12. The molecule has 0 amide bonds. The molecule has 1 heterocycles. The van der Waals surface area contributed by atoms with Gasteiger partial charge < -0.3 is 5.73 Å². The van der Waals surface area contributed by atoms with Crippen LogP contribution in [0.25, 0.3) is 10.9 Å². The van der Waals surface area contributed by atoms with E-state index in [0.717, 1.165) is 5.56 Å². The van der Waals surface area contributed by atoms with Gasteiger partial charge in [0, 0.05) is 5.39 Å². The van der Waals surface area contributed by atoms with E-state index in [1.54, 1.807) is 12.1 Å². The molecule has 0 saturated heterocycles. The van der Waals surface area contributed by atoms with E-state index in [0.29, 0.717) is 16.7 Å². The highest BCUT2D eigenvalue weighted by Gasteiger charge is 2.09. The summed E-state index contributed by atoms with van der Waals surface area (Å²) >= 11 is 0. The smallest absolute Gasteiger partial charge is 0.139 e. The van der Waals surface area contributed by atoms with Crippen molar-refractivity contribution in [3.8, 4) is 12.3 Å². The summed E-state index contributed by atoms with van der Waals surface area (Å²) in [6, 6.07) is 4.57. The van der Waals surface area contributed by atoms with Crippen LogP contribution < -0.4 is 5.73 Å². The van der Waals surface area contributed by atoms with E-state index in [9.17, 15) is 4.39 Å². The predicted molar refractivity (Wildman–Crippen MR) is 58.8 cm³/mol. The molecule has 2 nitrogen and oxygen atoms in total. The van der Waals surface area contributed by atoms with Crippen molar-refractivity contribution in [2.75, 3.05) is 5.73 Å². The monoisotopic (exact) mass is 200 g/mol. The average Bonchev–Trinajstić information content (AvgIpc) is 2.18. The summed E-state index contributed by atoms with van der Waals surface area (Å²) in [6.07, 6.45) is 5.27. The van der Waals surface area contributed by atoms with Crippen LogP contribution in [0.15, 0.2) is 18.2 Å². The molecule has 0 radical (unpaired) electrons. The summed E-state index contributed by atoms with van der Waals surface area (Å²) in [5.41, 5.74) is 7.31. The van der Waals surface area contributed by atoms with Gasteiger partial charge in [0.05, 0.1) is 11.1 Å². The first-order chi connectivity index (χ1) is 7.13. The molecular weight excluding hydrogens is 191 g/mol. The molecule has 1 aromatic heterocycles. The van der Waals surface area contributed by atoms with E-state index >= 15 is 0 Å². The lowest BCUT2D eigenvalue weighted by atomic mass is 10.0.